The fourth-order valence-electron chi connectivity index (χ4n) is 2.28. The lowest BCUT2D eigenvalue weighted by molar-refractivity contribution is 0.466. The van der Waals surface area contributed by atoms with Gasteiger partial charge in [-0.25, -0.2) is 0 Å². The van der Waals surface area contributed by atoms with E-state index in [2.05, 4.69) is 34.3 Å². The number of aromatic nitrogens is 4. The third-order valence-electron chi connectivity index (χ3n) is 3.37. The first kappa shape index (κ1) is 12.0. The Bertz CT molecular complexity index is 501. The van der Waals surface area contributed by atoms with Gasteiger partial charge in [0.1, 0.15) is 5.82 Å². The Kier molecular flexibility index (Phi) is 3.38. The largest absolute Gasteiger partial charge is 0.316 e. The predicted octanol–water partition coefficient (Wildman–Crippen LogP) is 1.53. The lowest BCUT2D eigenvalue weighted by atomic mass is 9.96. The van der Waals surface area contributed by atoms with Gasteiger partial charge in [0.05, 0.1) is 5.69 Å². The van der Waals surface area contributed by atoms with Gasteiger partial charge in [-0.1, -0.05) is 13.8 Å². The van der Waals surface area contributed by atoms with Crippen LogP contribution in [-0.4, -0.2) is 32.7 Å². The van der Waals surface area contributed by atoms with Crippen LogP contribution in [0.4, 0.5) is 0 Å². The molecule has 2 aromatic heterocycles. The second-order valence-electron chi connectivity index (χ2n) is 4.35. The Morgan fingerprint density at radius 3 is 2.82 bits per heavy atom. The molecule has 0 aliphatic rings. The van der Waals surface area contributed by atoms with E-state index in [4.69, 9.17) is 0 Å². The molecule has 2 heterocycles. The zero-order valence-corrected chi connectivity index (χ0v) is 10.8. The molecule has 0 amide bonds. The quantitative estimate of drug-likeness (QED) is 0.870. The van der Waals surface area contributed by atoms with Gasteiger partial charge in [-0.15, -0.1) is 10.2 Å². The summed E-state index contributed by atoms with van der Waals surface area (Å²) in [5.41, 5.74) is 1.88. The van der Waals surface area contributed by atoms with Gasteiger partial charge < -0.3 is 5.32 Å². The van der Waals surface area contributed by atoms with Crippen LogP contribution in [0.15, 0.2) is 12.4 Å². The fraction of sp³-hybridized carbons (Fsp3) is 0.583. The van der Waals surface area contributed by atoms with Crippen LogP contribution >= 0.6 is 0 Å². The Labute approximate surface area is 101 Å². The van der Waals surface area contributed by atoms with Crippen LogP contribution in [0.1, 0.15) is 37.7 Å². The van der Waals surface area contributed by atoms with Crippen molar-refractivity contribution in [2.75, 3.05) is 7.05 Å². The first-order valence-electron chi connectivity index (χ1n) is 6.02. The van der Waals surface area contributed by atoms with Crippen molar-refractivity contribution in [3.05, 3.63) is 23.9 Å². The molecule has 0 aromatic carbocycles. The molecular weight excluding hydrogens is 214 g/mol. The molecule has 17 heavy (non-hydrogen) atoms. The second kappa shape index (κ2) is 4.79. The zero-order chi connectivity index (χ0) is 12.4. The molecule has 2 rings (SSSR count). The molecule has 5 heteroatoms. The summed E-state index contributed by atoms with van der Waals surface area (Å²) in [7, 11) is 1.99. The van der Waals surface area contributed by atoms with Gasteiger partial charge in [0.15, 0.2) is 5.65 Å². The molecule has 5 nitrogen and oxygen atoms in total. The van der Waals surface area contributed by atoms with E-state index >= 15 is 0 Å². The lowest BCUT2D eigenvalue weighted by Crippen LogP contribution is -2.30. The normalized spacial score (nSPS) is 15.1. The highest BCUT2D eigenvalue weighted by Crippen LogP contribution is 2.22. The van der Waals surface area contributed by atoms with E-state index < -0.39 is 0 Å². The molecule has 2 unspecified atom stereocenters. The lowest BCUT2D eigenvalue weighted by Gasteiger charge is -2.21. The summed E-state index contributed by atoms with van der Waals surface area (Å²) in [4.78, 5) is 4.47. The molecule has 0 aliphatic heterocycles. The van der Waals surface area contributed by atoms with Crippen molar-refractivity contribution in [3.8, 4) is 0 Å². The monoisotopic (exact) mass is 233 g/mol. The van der Waals surface area contributed by atoms with Crippen LogP contribution < -0.4 is 5.32 Å². The molecule has 0 saturated heterocycles. The highest BCUT2D eigenvalue weighted by atomic mass is 15.2. The molecule has 0 fully saturated rings. The maximum Gasteiger partial charge on any atom is 0.182 e. The summed E-state index contributed by atoms with van der Waals surface area (Å²) in [5.74, 6) is 1.21. The Hall–Kier alpha value is -1.49. The van der Waals surface area contributed by atoms with Gasteiger partial charge in [0.2, 0.25) is 0 Å². The number of nitrogens with zero attached hydrogens (tertiary/aromatic N) is 4. The van der Waals surface area contributed by atoms with Gasteiger partial charge in [0.25, 0.3) is 0 Å². The summed E-state index contributed by atoms with van der Waals surface area (Å²) < 4.78 is 1.99. The predicted molar refractivity (Wildman–Crippen MR) is 67.1 cm³/mol. The Balaban J connectivity index is 2.47. The zero-order valence-electron chi connectivity index (χ0n) is 10.8. The van der Waals surface area contributed by atoms with Crippen LogP contribution in [0.25, 0.3) is 5.65 Å². The molecule has 2 atom stereocenters. The van der Waals surface area contributed by atoms with Crippen molar-refractivity contribution in [3.63, 3.8) is 0 Å². The van der Waals surface area contributed by atoms with Gasteiger partial charge >= 0.3 is 0 Å². The van der Waals surface area contributed by atoms with Crippen molar-refractivity contribution >= 4 is 5.65 Å². The smallest absolute Gasteiger partial charge is 0.182 e. The van der Waals surface area contributed by atoms with Crippen molar-refractivity contribution in [2.45, 2.75) is 39.2 Å². The summed E-state index contributed by atoms with van der Waals surface area (Å²) in [6, 6.07) is 0.408. The molecule has 0 saturated carbocycles. The van der Waals surface area contributed by atoms with Crippen molar-refractivity contribution < 1.29 is 0 Å². The van der Waals surface area contributed by atoms with Gasteiger partial charge in [-0.2, -0.15) is 0 Å². The van der Waals surface area contributed by atoms with Crippen LogP contribution in [0.5, 0.6) is 0 Å². The summed E-state index contributed by atoms with van der Waals surface area (Å²) in [6.07, 6.45) is 4.78. The molecule has 0 bridgehead atoms. The van der Waals surface area contributed by atoms with Crippen LogP contribution in [0.2, 0.25) is 0 Å². The topological polar surface area (TPSA) is 55.1 Å². The molecule has 0 radical (unpaired) electrons. The summed E-state index contributed by atoms with van der Waals surface area (Å²) in [5, 5.41) is 11.6. The van der Waals surface area contributed by atoms with Gasteiger partial charge in [-0.05, 0) is 20.4 Å². The summed E-state index contributed by atoms with van der Waals surface area (Å²) in [6.45, 7) is 6.30. The second-order valence-corrected chi connectivity index (χ2v) is 4.35. The van der Waals surface area contributed by atoms with E-state index in [9.17, 15) is 0 Å². The highest BCUT2D eigenvalue weighted by Gasteiger charge is 2.20. The van der Waals surface area contributed by atoms with Crippen LogP contribution in [0, 0.1) is 6.92 Å². The minimum absolute atomic E-state index is 0.317. The SMILES string of the molecule is CCC(NC)C(C)c1nccn2c(C)nnc12. The van der Waals surface area contributed by atoms with Gasteiger partial charge in [-0.3, -0.25) is 9.38 Å². The number of nitrogens with one attached hydrogen (secondary N) is 1. The number of likely N-dealkylation sites (N-methyl/N-ethyl adjacent to an activating group) is 1. The minimum Gasteiger partial charge on any atom is -0.316 e. The number of hydrogen-bond acceptors (Lipinski definition) is 4. The highest BCUT2D eigenvalue weighted by molar-refractivity contribution is 5.45. The number of fused-ring (bicyclic) bond motifs is 1. The first-order valence-corrected chi connectivity index (χ1v) is 6.02. The molecular formula is C12H19N5. The molecule has 1 N–H and O–H groups in total. The molecule has 0 aliphatic carbocycles. The van der Waals surface area contributed by atoms with E-state index in [0.717, 1.165) is 23.6 Å². The van der Waals surface area contributed by atoms with Crippen molar-refractivity contribution in [2.24, 2.45) is 0 Å². The van der Waals surface area contributed by atoms with E-state index in [1.165, 1.54) is 0 Å². The van der Waals surface area contributed by atoms with Crippen LogP contribution in [-0.2, 0) is 0 Å². The molecule has 92 valence electrons. The third kappa shape index (κ3) is 2.02. The minimum atomic E-state index is 0.317. The number of hydrogen-bond donors (Lipinski definition) is 1. The molecule has 2 aromatic rings. The summed E-state index contributed by atoms with van der Waals surface area (Å²) >= 11 is 0. The van der Waals surface area contributed by atoms with Crippen LogP contribution in [0.3, 0.4) is 0 Å². The number of aryl methyl sites for hydroxylation is 1. The Morgan fingerprint density at radius 2 is 2.18 bits per heavy atom. The average molecular weight is 233 g/mol. The first-order chi connectivity index (χ1) is 8.19. The van der Waals surface area contributed by atoms with Gasteiger partial charge in [0, 0.05) is 24.4 Å². The van der Waals surface area contributed by atoms with Crippen molar-refractivity contribution in [1.82, 2.24) is 24.9 Å². The van der Waals surface area contributed by atoms with E-state index in [1.54, 1.807) is 0 Å². The fourth-order valence-corrected chi connectivity index (χ4v) is 2.28. The number of rotatable bonds is 4. The van der Waals surface area contributed by atoms with E-state index in [1.807, 2.05) is 30.8 Å². The van der Waals surface area contributed by atoms with E-state index in [-0.39, 0.29) is 0 Å². The van der Waals surface area contributed by atoms with Crippen molar-refractivity contribution in [1.29, 1.82) is 0 Å². The maximum absolute atomic E-state index is 4.47. The Morgan fingerprint density at radius 1 is 1.41 bits per heavy atom. The average Bonchev–Trinajstić information content (AvgIpc) is 2.73. The maximum atomic E-state index is 4.47. The molecule has 0 spiro atoms. The standard InChI is InChI=1S/C12H19N5/c1-5-10(13-4)8(2)11-12-16-15-9(3)17(12)7-6-14-11/h6-8,10,13H,5H2,1-4H3. The third-order valence-corrected chi connectivity index (χ3v) is 3.37. The van der Waals surface area contributed by atoms with E-state index in [0.29, 0.717) is 12.0 Å².